The Balaban J connectivity index is 2.66. The molecule has 28 heavy (non-hydrogen) atoms. The lowest BCUT2D eigenvalue weighted by Crippen LogP contribution is -2.32. The van der Waals surface area contributed by atoms with Crippen molar-refractivity contribution in [3.05, 3.63) is 53.2 Å². The molecule has 0 fully saturated rings. The Labute approximate surface area is 162 Å². The number of hydrogen-bond acceptors (Lipinski definition) is 5. The first-order valence-electron chi connectivity index (χ1n) is 8.73. The Morgan fingerprint density at radius 3 is 2.54 bits per heavy atom. The Hall–Kier alpha value is -3.29. The average molecular weight is 390 g/mol. The minimum Gasteiger partial charge on any atom is -0.496 e. The summed E-state index contributed by atoms with van der Waals surface area (Å²) in [7, 11) is 2.93. The second-order valence-corrected chi connectivity index (χ2v) is 6.02. The van der Waals surface area contributed by atoms with E-state index in [4.69, 9.17) is 16.2 Å². The van der Waals surface area contributed by atoms with E-state index in [9.17, 15) is 13.6 Å². The molecule has 0 aliphatic carbocycles. The van der Waals surface area contributed by atoms with Gasteiger partial charge < -0.3 is 26.8 Å². The fourth-order valence-electron chi connectivity index (χ4n) is 2.82. The molecule has 2 rings (SSSR count). The van der Waals surface area contributed by atoms with Crippen molar-refractivity contribution >= 4 is 17.3 Å². The van der Waals surface area contributed by atoms with Gasteiger partial charge in [-0.15, -0.1) is 0 Å². The van der Waals surface area contributed by atoms with Gasteiger partial charge in [-0.25, -0.2) is 8.78 Å². The van der Waals surface area contributed by atoms with Gasteiger partial charge in [-0.05, 0) is 30.7 Å². The van der Waals surface area contributed by atoms with Crippen LogP contribution in [0, 0.1) is 11.6 Å². The predicted octanol–water partition coefficient (Wildman–Crippen LogP) is 2.60. The first-order chi connectivity index (χ1) is 13.3. The van der Waals surface area contributed by atoms with Crippen molar-refractivity contribution in [1.82, 2.24) is 10.6 Å². The summed E-state index contributed by atoms with van der Waals surface area (Å²) in [5.74, 6) is -1.47. The third-order valence-corrected chi connectivity index (χ3v) is 4.20. The van der Waals surface area contributed by atoms with Crippen LogP contribution >= 0.6 is 0 Å². The van der Waals surface area contributed by atoms with Crippen molar-refractivity contribution in [2.45, 2.75) is 13.3 Å². The molecular formula is C20H24F2N4O2. The molecule has 0 radical (unpaired) electrons. The first kappa shape index (κ1) is 21.0. The zero-order valence-corrected chi connectivity index (χ0v) is 16.0. The Kier molecular flexibility index (Phi) is 6.81. The number of nitrogens with one attached hydrogen (secondary N) is 2. The van der Waals surface area contributed by atoms with Crippen molar-refractivity contribution in [3.63, 3.8) is 0 Å². The van der Waals surface area contributed by atoms with Crippen LogP contribution in [0.25, 0.3) is 16.8 Å². The number of anilines is 1. The number of hydrogen-bond donors (Lipinski definition) is 4. The lowest BCUT2D eigenvalue weighted by Gasteiger charge is -2.18. The molecular weight excluding hydrogens is 366 g/mol. The summed E-state index contributed by atoms with van der Waals surface area (Å²) in [6.07, 6.45) is 0.751. The number of carbonyl (C=O) groups is 1. The summed E-state index contributed by atoms with van der Waals surface area (Å²) in [5, 5.41) is 5.53. The zero-order chi connectivity index (χ0) is 20.8. The fourth-order valence-corrected chi connectivity index (χ4v) is 2.82. The minimum absolute atomic E-state index is 0.0314. The smallest absolute Gasteiger partial charge is 0.269 e. The number of methoxy groups -OCH3 is 1. The van der Waals surface area contributed by atoms with E-state index in [-0.39, 0.29) is 34.0 Å². The molecule has 1 amide bonds. The molecule has 0 aliphatic heterocycles. The molecule has 0 aliphatic rings. The zero-order valence-electron chi connectivity index (χ0n) is 16.0. The molecule has 0 atom stereocenters. The number of carbonyl (C=O) groups excluding carboxylic acids is 1. The van der Waals surface area contributed by atoms with Crippen molar-refractivity contribution in [1.29, 1.82) is 0 Å². The summed E-state index contributed by atoms with van der Waals surface area (Å²) in [6.45, 7) is 2.38. The predicted molar refractivity (Wildman–Crippen MR) is 106 cm³/mol. The van der Waals surface area contributed by atoms with Crippen LogP contribution in [0.15, 0.2) is 36.0 Å². The molecule has 6 N–H and O–H groups in total. The van der Waals surface area contributed by atoms with E-state index in [1.165, 1.54) is 31.4 Å². The Morgan fingerprint density at radius 2 is 1.93 bits per heavy atom. The summed E-state index contributed by atoms with van der Waals surface area (Å²) < 4.78 is 33.3. The highest BCUT2D eigenvalue weighted by atomic mass is 19.1. The quantitative estimate of drug-likeness (QED) is 0.430. The lowest BCUT2D eigenvalue weighted by molar-refractivity contribution is -0.117. The molecule has 2 aromatic rings. The van der Waals surface area contributed by atoms with Crippen molar-refractivity contribution in [3.8, 4) is 16.9 Å². The highest BCUT2D eigenvalue weighted by Crippen LogP contribution is 2.39. The third-order valence-electron chi connectivity index (χ3n) is 4.20. The molecule has 8 heteroatoms. The van der Waals surface area contributed by atoms with Crippen LogP contribution < -0.4 is 26.8 Å². The minimum atomic E-state index is -0.615. The molecule has 0 unspecified atom stereocenters. The van der Waals surface area contributed by atoms with E-state index in [1.54, 1.807) is 7.05 Å². The van der Waals surface area contributed by atoms with Crippen molar-refractivity contribution in [2.24, 2.45) is 5.73 Å². The summed E-state index contributed by atoms with van der Waals surface area (Å²) in [6, 6.07) is 6.34. The highest BCUT2D eigenvalue weighted by molar-refractivity contribution is 6.02. The van der Waals surface area contributed by atoms with Gasteiger partial charge in [-0.1, -0.05) is 6.92 Å². The van der Waals surface area contributed by atoms with Gasteiger partial charge in [0.15, 0.2) is 0 Å². The highest BCUT2D eigenvalue weighted by Gasteiger charge is 2.21. The van der Waals surface area contributed by atoms with Gasteiger partial charge in [-0.2, -0.15) is 0 Å². The SMILES string of the molecule is CCCNC(=O)/C(N)=C(\NC)c1ccc(F)c(-c2ccc(F)cc2OC)c1N. The number of ether oxygens (including phenoxy) is 1. The molecule has 2 aromatic carbocycles. The van der Waals surface area contributed by atoms with Crippen molar-refractivity contribution < 1.29 is 18.3 Å². The normalized spacial score (nSPS) is 11.6. The molecule has 150 valence electrons. The summed E-state index contributed by atoms with van der Waals surface area (Å²) in [4.78, 5) is 12.2. The van der Waals surface area contributed by atoms with Crippen LogP contribution in [-0.4, -0.2) is 26.6 Å². The molecule has 0 saturated carbocycles. The van der Waals surface area contributed by atoms with Crippen LogP contribution in [0.1, 0.15) is 18.9 Å². The van der Waals surface area contributed by atoms with E-state index < -0.39 is 17.5 Å². The van der Waals surface area contributed by atoms with Gasteiger partial charge in [-0.3, -0.25) is 4.79 Å². The monoisotopic (exact) mass is 390 g/mol. The number of amides is 1. The maximum atomic E-state index is 14.7. The maximum Gasteiger partial charge on any atom is 0.269 e. The van der Waals surface area contributed by atoms with Crippen LogP contribution in [0.4, 0.5) is 14.5 Å². The van der Waals surface area contributed by atoms with Crippen molar-refractivity contribution in [2.75, 3.05) is 26.4 Å². The van der Waals surface area contributed by atoms with E-state index >= 15 is 0 Å². The Morgan fingerprint density at radius 1 is 1.21 bits per heavy atom. The van der Waals surface area contributed by atoms with E-state index in [0.717, 1.165) is 12.5 Å². The first-order valence-corrected chi connectivity index (χ1v) is 8.73. The van der Waals surface area contributed by atoms with Crippen LogP contribution in [-0.2, 0) is 4.79 Å². The van der Waals surface area contributed by atoms with Gasteiger partial charge >= 0.3 is 0 Å². The summed E-state index contributed by atoms with van der Waals surface area (Å²) >= 11 is 0. The number of benzene rings is 2. The Bertz CT molecular complexity index is 913. The molecule has 0 saturated heterocycles. The lowest BCUT2D eigenvalue weighted by atomic mass is 9.96. The molecule has 6 nitrogen and oxygen atoms in total. The second kappa shape index (κ2) is 9.07. The second-order valence-electron chi connectivity index (χ2n) is 6.02. The number of nitrogen functional groups attached to an aromatic ring is 1. The van der Waals surface area contributed by atoms with Crippen LogP contribution in [0.3, 0.4) is 0 Å². The molecule has 0 heterocycles. The fraction of sp³-hybridized carbons (Fsp3) is 0.250. The average Bonchev–Trinajstić information content (AvgIpc) is 2.68. The molecule has 0 spiro atoms. The topological polar surface area (TPSA) is 102 Å². The van der Waals surface area contributed by atoms with Gasteiger partial charge in [0.1, 0.15) is 23.1 Å². The molecule has 0 aromatic heterocycles. The number of rotatable bonds is 7. The van der Waals surface area contributed by atoms with E-state index in [2.05, 4.69) is 10.6 Å². The van der Waals surface area contributed by atoms with E-state index in [0.29, 0.717) is 12.1 Å². The maximum absolute atomic E-state index is 14.7. The standard InChI is InChI=1S/C20H24F2N4O2/c1-4-9-26-20(27)18(24)19(25-2)13-7-8-14(22)16(17(13)23)12-6-5-11(21)10-15(12)28-3/h5-8,10,25H,4,9,23-24H2,1-3H3,(H,26,27)/b19-18+. The van der Waals surface area contributed by atoms with Gasteiger partial charge in [0.25, 0.3) is 5.91 Å². The van der Waals surface area contributed by atoms with Gasteiger partial charge in [0.05, 0.1) is 18.5 Å². The molecule has 0 bridgehead atoms. The number of halogens is 2. The van der Waals surface area contributed by atoms with Gasteiger partial charge in [0.2, 0.25) is 0 Å². The van der Waals surface area contributed by atoms with E-state index in [1.807, 2.05) is 6.92 Å². The van der Waals surface area contributed by atoms with Crippen LogP contribution in [0.5, 0.6) is 5.75 Å². The number of nitrogens with two attached hydrogens (primary N) is 2. The van der Waals surface area contributed by atoms with Crippen LogP contribution in [0.2, 0.25) is 0 Å². The summed E-state index contributed by atoms with van der Waals surface area (Å²) in [5.41, 5.74) is 13.1. The largest absolute Gasteiger partial charge is 0.496 e. The van der Waals surface area contributed by atoms with Gasteiger partial charge in [0, 0.05) is 36.3 Å². The third kappa shape index (κ3) is 4.16.